The van der Waals surface area contributed by atoms with E-state index in [0.717, 1.165) is 22.4 Å². The Hall–Kier alpha value is -4.51. The SMILES string of the molecule is N#CCCNC(=O)c1cccc(CN2C(=O)C3(COc4cc5c(cc43)OCO5)c3ccccc32)c1. The van der Waals surface area contributed by atoms with Gasteiger partial charge >= 0.3 is 0 Å². The Kier molecular flexibility index (Phi) is 4.85. The van der Waals surface area contributed by atoms with Gasteiger partial charge in [-0.2, -0.15) is 5.26 Å². The molecule has 0 aromatic heterocycles. The van der Waals surface area contributed by atoms with Crippen molar-refractivity contribution in [3.05, 3.63) is 82.9 Å². The lowest BCUT2D eigenvalue weighted by atomic mass is 9.77. The summed E-state index contributed by atoms with van der Waals surface area (Å²) in [5.41, 5.74) is 2.80. The largest absolute Gasteiger partial charge is 0.491 e. The molecule has 1 N–H and O–H groups in total. The number of ether oxygens (including phenoxy) is 3. The van der Waals surface area contributed by atoms with Crippen LogP contribution in [0.5, 0.6) is 17.2 Å². The van der Waals surface area contributed by atoms with Gasteiger partial charge in [-0.3, -0.25) is 9.59 Å². The van der Waals surface area contributed by atoms with Gasteiger partial charge in [-0.1, -0.05) is 30.3 Å². The number of benzene rings is 3. The highest BCUT2D eigenvalue weighted by Crippen LogP contribution is 2.55. The van der Waals surface area contributed by atoms with Crippen molar-refractivity contribution in [2.75, 3.05) is 24.8 Å². The van der Waals surface area contributed by atoms with E-state index in [9.17, 15) is 9.59 Å². The molecule has 0 aliphatic carbocycles. The molecule has 1 unspecified atom stereocenters. The number of anilines is 1. The van der Waals surface area contributed by atoms with Crippen molar-refractivity contribution in [2.24, 2.45) is 0 Å². The van der Waals surface area contributed by atoms with Crippen molar-refractivity contribution < 1.29 is 23.8 Å². The summed E-state index contributed by atoms with van der Waals surface area (Å²) in [4.78, 5) is 28.3. The highest BCUT2D eigenvalue weighted by atomic mass is 16.7. The molecule has 1 spiro atoms. The van der Waals surface area contributed by atoms with Crippen LogP contribution >= 0.6 is 0 Å². The molecule has 174 valence electrons. The minimum Gasteiger partial charge on any atom is -0.491 e. The third kappa shape index (κ3) is 3.20. The van der Waals surface area contributed by atoms with Crippen molar-refractivity contribution in [1.82, 2.24) is 5.32 Å². The molecule has 0 fully saturated rings. The molecule has 6 rings (SSSR count). The lowest BCUT2D eigenvalue weighted by molar-refractivity contribution is -0.122. The van der Waals surface area contributed by atoms with Crippen LogP contribution in [0.3, 0.4) is 0 Å². The average Bonchev–Trinajstić information content (AvgIpc) is 3.56. The molecule has 0 bridgehead atoms. The third-order valence-corrected chi connectivity index (χ3v) is 6.70. The van der Waals surface area contributed by atoms with Gasteiger partial charge in [0.15, 0.2) is 11.5 Å². The Morgan fingerprint density at radius 3 is 2.69 bits per heavy atom. The van der Waals surface area contributed by atoms with Crippen LogP contribution in [-0.2, 0) is 16.8 Å². The number of nitrogens with zero attached hydrogens (tertiary/aromatic N) is 2. The highest BCUT2D eigenvalue weighted by Gasteiger charge is 2.57. The summed E-state index contributed by atoms with van der Waals surface area (Å²) < 4.78 is 17.1. The van der Waals surface area contributed by atoms with E-state index in [2.05, 4.69) is 5.32 Å². The first kappa shape index (κ1) is 21.1. The van der Waals surface area contributed by atoms with Crippen LogP contribution < -0.4 is 24.4 Å². The van der Waals surface area contributed by atoms with E-state index in [-0.39, 0.29) is 38.2 Å². The minimum atomic E-state index is -0.973. The van der Waals surface area contributed by atoms with Crippen LogP contribution in [0.4, 0.5) is 5.69 Å². The molecule has 8 nitrogen and oxygen atoms in total. The van der Waals surface area contributed by atoms with Gasteiger partial charge in [-0.15, -0.1) is 0 Å². The lowest BCUT2D eigenvalue weighted by Crippen LogP contribution is -2.42. The minimum absolute atomic E-state index is 0.0832. The average molecular weight is 467 g/mol. The Bertz CT molecular complexity index is 1410. The fourth-order valence-corrected chi connectivity index (χ4v) is 5.05. The van der Waals surface area contributed by atoms with Crippen LogP contribution in [-0.4, -0.2) is 31.8 Å². The second-order valence-electron chi connectivity index (χ2n) is 8.67. The van der Waals surface area contributed by atoms with Gasteiger partial charge in [0.25, 0.3) is 5.91 Å². The van der Waals surface area contributed by atoms with Gasteiger partial charge in [0.2, 0.25) is 12.7 Å². The molecule has 2 amide bonds. The van der Waals surface area contributed by atoms with Gasteiger partial charge in [0.05, 0.1) is 19.0 Å². The fraction of sp³-hybridized carbons (Fsp3) is 0.222. The van der Waals surface area contributed by atoms with Crippen molar-refractivity contribution in [2.45, 2.75) is 18.4 Å². The van der Waals surface area contributed by atoms with Crippen LogP contribution in [0.15, 0.2) is 60.7 Å². The van der Waals surface area contributed by atoms with Crippen LogP contribution in [0.25, 0.3) is 0 Å². The maximum Gasteiger partial charge on any atom is 0.251 e. The summed E-state index contributed by atoms with van der Waals surface area (Å²) in [6.45, 7) is 0.927. The zero-order chi connectivity index (χ0) is 24.0. The van der Waals surface area contributed by atoms with Gasteiger partial charge in [0.1, 0.15) is 17.8 Å². The topological polar surface area (TPSA) is 101 Å². The number of fused-ring (bicyclic) bond motifs is 5. The van der Waals surface area contributed by atoms with Crippen LogP contribution in [0.2, 0.25) is 0 Å². The predicted molar refractivity (Wildman–Crippen MR) is 125 cm³/mol. The normalized spacial score (nSPS) is 18.7. The summed E-state index contributed by atoms with van der Waals surface area (Å²) in [6, 6.07) is 20.6. The van der Waals surface area contributed by atoms with E-state index in [1.165, 1.54) is 0 Å². The summed E-state index contributed by atoms with van der Waals surface area (Å²) in [6.07, 6.45) is 0.247. The summed E-state index contributed by atoms with van der Waals surface area (Å²) in [5.74, 6) is 1.50. The van der Waals surface area contributed by atoms with Crippen LogP contribution in [0, 0.1) is 11.3 Å². The molecular weight excluding hydrogens is 446 g/mol. The van der Waals surface area contributed by atoms with E-state index < -0.39 is 5.41 Å². The van der Waals surface area contributed by atoms with E-state index >= 15 is 0 Å². The quantitative estimate of drug-likeness (QED) is 0.578. The van der Waals surface area contributed by atoms with Crippen LogP contribution in [0.1, 0.15) is 33.5 Å². The Morgan fingerprint density at radius 2 is 1.83 bits per heavy atom. The molecule has 3 aliphatic rings. The number of hydrogen-bond acceptors (Lipinski definition) is 6. The zero-order valence-electron chi connectivity index (χ0n) is 18.7. The number of rotatable bonds is 5. The fourth-order valence-electron chi connectivity index (χ4n) is 5.05. The zero-order valence-corrected chi connectivity index (χ0v) is 18.7. The molecule has 3 aromatic rings. The van der Waals surface area contributed by atoms with Gasteiger partial charge in [-0.25, -0.2) is 0 Å². The first-order chi connectivity index (χ1) is 17.1. The number of carbonyl (C=O) groups is 2. The number of nitriles is 1. The molecular formula is C27H21N3O5. The van der Waals surface area contributed by atoms with Crippen molar-refractivity contribution >= 4 is 17.5 Å². The van der Waals surface area contributed by atoms with Crippen molar-refractivity contribution in [3.8, 4) is 23.3 Å². The summed E-state index contributed by atoms with van der Waals surface area (Å²) in [7, 11) is 0. The summed E-state index contributed by atoms with van der Waals surface area (Å²) in [5, 5.41) is 11.4. The maximum atomic E-state index is 14.1. The monoisotopic (exact) mass is 467 g/mol. The number of hydrogen-bond donors (Lipinski definition) is 1. The maximum absolute atomic E-state index is 14.1. The predicted octanol–water partition coefficient (Wildman–Crippen LogP) is 3.28. The first-order valence-corrected chi connectivity index (χ1v) is 11.3. The Morgan fingerprint density at radius 1 is 1.00 bits per heavy atom. The summed E-state index contributed by atoms with van der Waals surface area (Å²) >= 11 is 0. The third-order valence-electron chi connectivity index (χ3n) is 6.70. The molecule has 8 heteroatoms. The number of para-hydroxylation sites is 1. The van der Waals surface area contributed by atoms with E-state index in [0.29, 0.717) is 29.4 Å². The first-order valence-electron chi connectivity index (χ1n) is 11.3. The standard InChI is InChI=1S/C27H21N3O5/c28-9-4-10-29-25(31)18-6-3-5-17(11-18)14-30-21-8-2-1-7-19(21)27(26(30)32)15-33-22-13-24-23(12-20(22)27)34-16-35-24/h1-3,5-8,11-13H,4,10,14-16H2,(H,29,31). The molecule has 1 atom stereocenters. The lowest BCUT2D eigenvalue weighted by Gasteiger charge is -2.23. The Labute approximate surface area is 201 Å². The number of nitrogens with one attached hydrogen (secondary N) is 1. The van der Waals surface area contributed by atoms with Crippen molar-refractivity contribution in [1.29, 1.82) is 5.26 Å². The highest BCUT2D eigenvalue weighted by molar-refractivity contribution is 6.11. The molecule has 35 heavy (non-hydrogen) atoms. The van der Waals surface area contributed by atoms with Gasteiger partial charge < -0.3 is 24.4 Å². The number of amides is 2. The molecule has 3 aliphatic heterocycles. The van der Waals surface area contributed by atoms with Crippen molar-refractivity contribution in [3.63, 3.8) is 0 Å². The second-order valence-corrected chi connectivity index (χ2v) is 8.67. The molecule has 3 heterocycles. The molecule has 0 radical (unpaired) electrons. The second kappa shape index (κ2) is 8.06. The molecule has 0 saturated carbocycles. The number of carbonyl (C=O) groups excluding carboxylic acids is 2. The van der Waals surface area contributed by atoms with Gasteiger partial charge in [0, 0.05) is 29.4 Å². The van der Waals surface area contributed by atoms with E-state index in [1.807, 2.05) is 42.5 Å². The Balaban J connectivity index is 1.35. The molecule has 3 aromatic carbocycles. The van der Waals surface area contributed by atoms with E-state index in [1.54, 1.807) is 29.2 Å². The smallest absolute Gasteiger partial charge is 0.251 e. The van der Waals surface area contributed by atoms with E-state index in [4.69, 9.17) is 19.5 Å². The van der Waals surface area contributed by atoms with Gasteiger partial charge in [-0.05, 0) is 35.4 Å². The molecule has 0 saturated heterocycles.